The van der Waals surface area contributed by atoms with Crippen molar-refractivity contribution in [2.24, 2.45) is 0 Å². The molecule has 0 atom stereocenters. The van der Waals surface area contributed by atoms with E-state index in [9.17, 15) is 4.57 Å². The first-order valence-corrected chi connectivity index (χ1v) is 3.87. The molecule has 1 nitrogen and oxygen atoms in total. The van der Waals surface area contributed by atoms with Crippen LogP contribution in [0.4, 0.5) is 0 Å². The maximum atomic E-state index is 9.72. The molecule has 0 aromatic carbocycles. The van der Waals surface area contributed by atoms with Gasteiger partial charge in [-0.15, -0.1) is 0 Å². The summed E-state index contributed by atoms with van der Waals surface area (Å²) in [6.07, 6.45) is 2.78. The molecule has 0 saturated heterocycles. The van der Waals surface area contributed by atoms with Crippen molar-refractivity contribution in [3.8, 4) is 5.63 Å². The van der Waals surface area contributed by atoms with Gasteiger partial charge in [0.25, 0.3) is 0 Å². The van der Waals surface area contributed by atoms with E-state index >= 15 is 0 Å². The molecule has 0 unspecified atom stereocenters. The van der Waals surface area contributed by atoms with Crippen LogP contribution in [0.2, 0.25) is 0 Å². The van der Waals surface area contributed by atoms with E-state index in [4.69, 9.17) is 11.6 Å². The Morgan fingerprint density at radius 2 is 2.25 bits per heavy atom. The van der Waals surface area contributed by atoms with Crippen molar-refractivity contribution in [1.82, 2.24) is 0 Å². The van der Waals surface area contributed by atoms with E-state index in [2.05, 4.69) is 5.63 Å². The van der Waals surface area contributed by atoms with Crippen molar-refractivity contribution < 1.29 is 4.57 Å². The zero-order valence-electron chi connectivity index (χ0n) is 4.56. The van der Waals surface area contributed by atoms with E-state index < -0.39 is 0 Å². The topological polar surface area (TPSA) is 17.1 Å². The Bertz CT molecular complexity index is 126. The third-order valence-corrected chi connectivity index (χ3v) is 1.36. The van der Waals surface area contributed by atoms with Crippen molar-refractivity contribution in [3.05, 3.63) is 0 Å². The summed E-state index contributed by atoms with van der Waals surface area (Å²) in [5.41, 5.74) is 2.64. The predicted molar refractivity (Wildman–Crippen MR) is 36.1 cm³/mol. The minimum absolute atomic E-state index is 0.0175. The Kier molecular flexibility index (Phi) is 7.57. The van der Waals surface area contributed by atoms with Crippen LogP contribution in [-0.2, 0) is 4.57 Å². The standard InChI is InChI=1S/C5H8ClOP/c6-4-2-1-3-5-8-7/h1-4H2. The van der Waals surface area contributed by atoms with Gasteiger partial charge in [-0.25, -0.2) is 0 Å². The SMILES string of the molecule is O=P#CCCCCCl. The summed E-state index contributed by atoms with van der Waals surface area (Å²) < 4.78 is 9.72. The molecule has 0 fully saturated rings. The van der Waals surface area contributed by atoms with Gasteiger partial charge in [0.05, 0.1) is 0 Å². The molecule has 0 amide bonds. The fourth-order valence-electron chi connectivity index (χ4n) is 0.344. The second-order valence-corrected chi connectivity index (χ2v) is 2.27. The maximum absolute atomic E-state index is 9.72. The number of alkyl halides is 1. The number of unbranched alkanes of at least 4 members (excludes halogenated alkanes) is 2. The Labute approximate surface area is 55.5 Å². The molecule has 0 saturated carbocycles. The molecule has 0 spiro atoms. The van der Waals surface area contributed by atoms with Crippen LogP contribution in [0.25, 0.3) is 0 Å². The Hall–Kier alpha value is 0.300. The zero-order chi connectivity index (χ0) is 6.24. The van der Waals surface area contributed by atoms with Crippen LogP contribution in [0.1, 0.15) is 19.3 Å². The summed E-state index contributed by atoms with van der Waals surface area (Å²) in [5.74, 6) is 0.692. The van der Waals surface area contributed by atoms with Crippen molar-refractivity contribution in [2.75, 3.05) is 5.88 Å². The summed E-state index contributed by atoms with van der Waals surface area (Å²) in [7, 11) is 0.0175. The van der Waals surface area contributed by atoms with Crippen LogP contribution in [0.15, 0.2) is 0 Å². The van der Waals surface area contributed by atoms with Gasteiger partial charge in [0, 0.05) is 0 Å². The molecule has 46 valence electrons. The molecule has 3 heteroatoms. The molecule has 0 aliphatic heterocycles. The third kappa shape index (κ3) is 6.30. The van der Waals surface area contributed by atoms with Gasteiger partial charge in [-0.3, -0.25) is 0 Å². The first-order chi connectivity index (χ1) is 3.91. The van der Waals surface area contributed by atoms with Gasteiger partial charge in [0.1, 0.15) is 0 Å². The third-order valence-electron chi connectivity index (χ3n) is 0.737. The first-order valence-electron chi connectivity index (χ1n) is 2.53. The minimum atomic E-state index is 0.0175. The van der Waals surface area contributed by atoms with Gasteiger partial charge in [-0.05, 0) is 0 Å². The molecule has 0 aliphatic rings. The van der Waals surface area contributed by atoms with Crippen molar-refractivity contribution in [2.45, 2.75) is 19.3 Å². The monoisotopic (exact) mass is 150 g/mol. The second kappa shape index (κ2) is 7.30. The normalized spacial score (nSPS) is 8.12. The van der Waals surface area contributed by atoms with E-state index in [0.717, 1.165) is 19.3 Å². The molecule has 0 aromatic rings. The van der Waals surface area contributed by atoms with Gasteiger partial charge < -0.3 is 0 Å². The quantitative estimate of drug-likeness (QED) is 0.343. The molecule has 0 aromatic heterocycles. The summed E-state index contributed by atoms with van der Waals surface area (Å²) in [6.45, 7) is 0. The number of halogens is 1. The van der Waals surface area contributed by atoms with Crippen molar-refractivity contribution in [1.29, 1.82) is 0 Å². The fourth-order valence-corrected chi connectivity index (χ4v) is 0.783. The van der Waals surface area contributed by atoms with E-state index in [-0.39, 0.29) is 7.92 Å². The van der Waals surface area contributed by atoms with Crippen molar-refractivity contribution in [3.63, 3.8) is 0 Å². The Balaban J connectivity index is 2.90. The van der Waals surface area contributed by atoms with E-state index in [0.29, 0.717) is 5.88 Å². The van der Waals surface area contributed by atoms with Gasteiger partial charge in [-0.2, -0.15) is 0 Å². The van der Waals surface area contributed by atoms with E-state index in [1.807, 2.05) is 0 Å². The molecular formula is C5H8ClOP. The Morgan fingerprint density at radius 3 is 2.75 bits per heavy atom. The summed E-state index contributed by atoms with van der Waals surface area (Å²) in [4.78, 5) is 0. The Morgan fingerprint density at radius 1 is 1.50 bits per heavy atom. The van der Waals surface area contributed by atoms with Gasteiger partial charge >= 0.3 is 54.9 Å². The molecule has 0 rings (SSSR count). The predicted octanol–water partition coefficient (Wildman–Crippen LogP) is 2.65. The van der Waals surface area contributed by atoms with E-state index in [1.165, 1.54) is 0 Å². The second-order valence-electron chi connectivity index (χ2n) is 1.40. The summed E-state index contributed by atoms with van der Waals surface area (Å²) >= 11 is 5.37. The van der Waals surface area contributed by atoms with E-state index in [1.54, 1.807) is 0 Å². The molecule has 0 N–H and O–H groups in total. The van der Waals surface area contributed by atoms with Crippen LogP contribution < -0.4 is 0 Å². The zero-order valence-corrected chi connectivity index (χ0v) is 6.21. The molecule has 0 radical (unpaired) electrons. The van der Waals surface area contributed by atoms with Crippen LogP contribution in [0, 0.1) is 5.63 Å². The van der Waals surface area contributed by atoms with Crippen LogP contribution in [-0.4, -0.2) is 5.88 Å². The average molecular weight is 151 g/mol. The molecule has 0 heterocycles. The average Bonchev–Trinajstić information content (AvgIpc) is 1.81. The first kappa shape index (κ1) is 8.30. The van der Waals surface area contributed by atoms with Gasteiger partial charge in [-0.1, -0.05) is 0 Å². The molecule has 0 aliphatic carbocycles. The van der Waals surface area contributed by atoms with Gasteiger partial charge in [0.15, 0.2) is 0 Å². The fraction of sp³-hybridized carbons (Fsp3) is 0.800. The summed E-state index contributed by atoms with van der Waals surface area (Å²) in [6, 6.07) is 0. The molecule has 8 heavy (non-hydrogen) atoms. The van der Waals surface area contributed by atoms with Crippen LogP contribution in [0.3, 0.4) is 0 Å². The molecule has 0 bridgehead atoms. The van der Waals surface area contributed by atoms with Crippen molar-refractivity contribution >= 4 is 19.5 Å². The van der Waals surface area contributed by atoms with Crippen LogP contribution in [0.5, 0.6) is 0 Å². The van der Waals surface area contributed by atoms with Crippen LogP contribution >= 0.6 is 19.5 Å². The number of hydrogen-bond acceptors (Lipinski definition) is 1. The number of hydrogen-bond donors (Lipinski definition) is 0. The number of rotatable bonds is 3. The summed E-state index contributed by atoms with van der Waals surface area (Å²) in [5, 5.41) is 0. The molecular weight excluding hydrogens is 142 g/mol. The van der Waals surface area contributed by atoms with Gasteiger partial charge in [0.2, 0.25) is 0 Å².